The first-order valence-electron chi connectivity index (χ1n) is 10.4. The van der Waals surface area contributed by atoms with Crippen molar-refractivity contribution in [1.29, 1.82) is 0 Å². The fraction of sp³-hybridized carbons (Fsp3) is 0.435. The first kappa shape index (κ1) is 24.6. The second-order valence-electron chi connectivity index (χ2n) is 8.07. The second kappa shape index (κ2) is 9.82. The van der Waals surface area contributed by atoms with E-state index in [-0.39, 0.29) is 5.92 Å². The Morgan fingerprint density at radius 1 is 1.27 bits per heavy atom. The number of carbonyl (C=O) groups excluding carboxylic acids is 1. The Bertz CT molecular complexity index is 1040. The molecule has 0 saturated heterocycles. The van der Waals surface area contributed by atoms with Gasteiger partial charge in [-0.1, -0.05) is 38.1 Å². The van der Waals surface area contributed by atoms with Crippen LogP contribution in [0.4, 0.5) is 4.39 Å². The Hall–Kier alpha value is -3.08. The highest BCUT2D eigenvalue weighted by molar-refractivity contribution is 5.96. The molecule has 0 spiro atoms. The lowest BCUT2D eigenvalue weighted by molar-refractivity contribution is -0.235. The van der Waals surface area contributed by atoms with Crippen molar-refractivity contribution in [3.63, 3.8) is 0 Å². The number of nitrogens with one attached hydrogen (secondary N) is 2. The summed E-state index contributed by atoms with van der Waals surface area (Å²) < 4.78 is 24.1. The molecule has 10 heteroatoms. The first-order chi connectivity index (χ1) is 15.7. The van der Waals surface area contributed by atoms with Gasteiger partial charge in [-0.25, -0.2) is 4.39 Å². The standard InChI is InChI=1S/C23H28FN3O6/c1-14(2)22(21(30)26-18(11-19(28)29)23(13-24,31-3)32-4)12-17(27-33-22)20-16-8-6-5-7-15(16)9-10-25-20/h5-10,12,14,18,27H,11,13H2,1-4H3,(H,26,30)(H,28,29)/t18?,22-/m1/s1. The van der Waals surface area contributed by atoms with Gasteiger partial charge < -0.3 is 19.9 Å². The number of amides is 1. The molecule has 3 N–H and O–H groups in total. The van der Waals surface area contributed by atoms with Crippen molar-refractivity contribution < 1.29 is 33.4 Å². The number of rotatable bonds is 10. The number of hydrogen-bond donors (Lipinski definition) is 3. The molecule has 1 aromatic carbocycles. The maximum absolute atomic E-state index is 13.9. The zero-order chi connectivity index (χ0) is 24.2. The third-order valence-electron chi connectivity index (χ3n) is 5.92. The molecule has 1 amide bonds. The van der Waals surface area contributed by atoms with Gasteiger partial charge in [0, 0.05) is 25.8 Å². The Morgan fingerprint density at radius 3 is 2.58 bits per heavy atom. The SMILES string of the molecule is COC(CF)(OC)C(CC(=O)O)NC(=O)[C@]1(C(C)C)C=C(c2nccc3ccccc23)NO1. The molecule has 1 unspecified atom stereocenters. The van der Waals surface area contributed by atoms with Gasteiger partial charge in [-0.3, -0.25) is 24.9 Å². The Morgan fingerprint density at radius 2 is 1.97 bits per heavy atom. The van der Waals surface area contributed by atoms with Crippen molar-refractivity contribution >= 4 is 28.3 Å². The zero-order valence-corrected chi connectivity index (χ0v) is 18.9. The molecule has 0 saturated carbocycles. The molecule has 0 radical (unpaired) electrons. The summed E-state index contributed by atoms with van der Waals surface area (Å²) >= 11 is 0. The Labute approximate surface area is 190 Å². The highest BCUT2D eigenvalue weighted by atomic mass is 19.1. The van der Waals surface area contributed by atoms with Gasteiger partial charge in [0.15, 0.2) is 5.60 Å². The fourth-order valence-corrected chi connectivity index (χ4v) is 3.85. The second-order valence-corrected chi connectivity index (χ2v) is 8.07. The largest absolute Gasteiger partial charge is 0.481 e. The van der Waals surface area contributed by atoms with Crippen LogP contribution in [0.3, 0.4) is 0 Å². The quantitative estimate of drug-likeness (QED) is 0.462. The van der Waals surface area contributed by atoms with Gasteiger partial charge in [0.2, 0.25) is 5.79 Å². The number of methoxy groups -OCH3 is 2. The molecule has 1 aliphatic heterocycles. The predicted molar refractivity (Wildman–Crippen MR) is 118 cm³/mol. The number of nitrogens with zero attached hydrogens (tertiary/aromatic N) is 1. The minimum absolute atomic E-state index is 0.382. The van der Waals surface area contributed by atoms with E-state index in [4.69, 9.17) is 14.3 Å². The van der Waals surface area contributed by atoms with Crippen LogP contribution >= 0.6 is 0 Å². The number of benzene rings is 1. The summed E-state index contributed by atoms with van der Waals surface area (Å²) in [6.07, 6.45) is 2.64. The van der Waals surface area contributed by atoms with Crippen molar-refractivity contribution in [3.05, 3.63) is 48.3 Å². The summed E-state index contributed by atoms with van der Waals surface area (Å²) in [7, 11) is 2.36. The van der Waals surface area contributed by atoms with Crippen LogP contribution in [0.5, 0.6) is 0 Å². The van der Waals surface area contributed by atoms with Gasteiger partial charge in [0.1, 0.15) is 6.67 Å². The van der Waals surface area contributed by atoms with Crippen LogP contribution in [0.25, 0.3) is 16.5 Å². The Kier molecular flexibility index (Phi) is 7.31. The number of alkyl halides is 1. The van der Waals surface area contributed by atoms with Crippen molar-refractivity contribution in [2.45, 2.75) is 37.7 Å². The maximum Gasteiger partial charge on any atom is 0.305 e. The van der Waals surface area contributed by atoms with Crippen molar-refractivity contribution in [2.24, 2.45) is 5.92 Å². The van der Waals surface area contributed by atoms with E-state index >= 15 is 0 Å². The minimum atomic E-state index is -1.97. The number of aromatic nitrogens is 1. The maximum atomic E-state index is 13.9. The van der Waals surface area contributed by atoms with E-state index in [9.17, 15) is 19.1 Å². The third kappa shape index (κ3) is 4.54. The highest BCUT2D eigenvalue weighted by Gasteiger charge is 2.50. The van der Waals surface area contributed by atoms with Gasteiger partial charge in [-0.05, 0) is 23.4 Å². The Balaban J connectivity index is 2.00. The van der Waals surface area contributed by atoms with Crippen molar-refractivity contribution in [1.82, 2.24) is 15.8 Å². The third-order valence-corrected chi connectivity index (χ3v) is 5.92. The molecular weight excluding hydrogens is 433 g/mol. The number of carboxylic acid groups (broad SMARTS) is 1. The molecule has 0 bridgehead atoms. The summed E-state index contributed by atoms with van der Waals surface area (Å²) in [5.41, 5.74) is 2.36. The van der Waals surface area contributed by atoms with Crippen LogP contribution in [0.15, 0.2) is 42.6 Å². The summed E-state index contributed by atoms with van der Waals surface area (Å²) in [5, 5.41) is 13.7. The molecule has 0 aliphatic carbocycles. The molecule has 1 aromatic heterocycles. The van der Waals surface area contributed by atoms with E-state index in [0.29, 0.717) is 11.4 Å². The molecule has 2 aromatic rings. The van der Waals surface area contributed by atoms with Gasteiger partial charge >= 0.3 is 5.97 Å². The van der Waals surface area contributed by atoms with E-state index in [2.05, 4.69) is 15.8 Å². The van der Waals surface area contributed by atoms with Gasteiger partial charge in [-0.2, -0.15) is 0 Å². The molecule has 33 heavy (non-hydrogen) atoms. The average molecular weight is 461 g/mol. The van der Waals surface area contributed by atoms with Gasteiger partial charge in [0.05, 0.1) is 23.9 Å². The molecule has 3 rings (SSSR count). The summed E-state index contributed by atoms with van der Waals surface area (Å²) in [6, 6.07) is 8.20. The van der Waals surface area contributed by atoms with E-state index in [1.54, 1.807) is 26.1 Å². The predicted octanol–water partition coefficient (Wildman–Crippen LogP) is 2.42. The topological polar surface area (TPSA) is 119 Å². The average Bonchev–Trinajstić information content (AvgIpc) is 3.27. The fourth-order valence-electron chi connectivity index (χ4n) is 3.85. The van der Waals surface area contributed by atoms with Gasteiger partial charge in [-0.15, -0.1) is 0 Å². The van der Waals surface area contributed by atoms with Crippen LogP contribution in [0.2, 0.25) is 0 Å². The highest BCUT2D eigenvalue weighted by Crippen LogP contribution is 2.35. The van der Waals surface area contributed by atoms with Crippen LogP contribution in [0, 0.1) is 5.92 Å². The lowest BCUT2D eigenvalue weighted by atomic mass is 9.87. The number of fused-ring (bicyclic) bond motifs is 1. The molecule has 2 atom stereocenters. The molecule has 0 fully saturated rings. The lowest BCUT2D eigenvalue weighted by Gasteiger charge is -2.38. The molecule has 9 nitrogen and oxygen atoms in total. The monoisotopic (exact) mass is 461 g/mol. The van der Waals surface area contributed by atoms with Gasteiger partial charge in [0.25, 0.3) is 5.91 Å². The van der Waals surface area contributed by atoms with E-state index in [1.165, 1.54) is 14.2 Å². The van der Waals surface area contributed by atoms with Crippen LogP contribution in [0.1, 0.15) is 26.0 Å². The van der Waals surface area contributed by atoms with E-state index in [1.807, 2.05) is 30.3 Å². The lowest BCUT2D eigenvalue weighted by Crippen LogP contribution is -2.62. The number of halogens is 1. The number of aliphatic carboxylic acids is 1. The number of ether oxygens (including phenoxy) is 2. The first-order valence-corrected chi connectivity index (χ1v) is 10.4. The number of carbonyl (C=O) groups is 2. The normalized spacial score (nSPS) is 19.3. The smallest absolute Gasteiger partial charge is 0.305 e. The molecule has 178 valence electrons. The summed E-state index contributed by atoms with van der Waals surface area (Å²) in [4.78, 5) is 35.1. The van der Waals surface area contributed by atoms with Crippen molar-refractivity contribution in [3.8, 4) is 0 Å². The van der Waals surface area contributed by atoms with E-state index in [0.717, 1.165) is 10.8 Å². The number of hydrogen-bond acceptors (Lipinski definition) is 7. The minimum Gasteiger partial charge on any atom is -0.481 e. The van der Waals surface area contributed by atoms with E-state index < -0.39 is 42.4 Å². The molecule has 1 aliphatic rings. The molecular formula is C23H28FN3O6. The van der Waals surface area contributed by atoms with Crippen LogP contribution in [-0.4, -0.2) is 60.3 Å². The zero-order valence-electron chi connectivity index (χ0n) is 18.9. The summed E-state index contributed by atoms with van der Waals surface area (Å²) in [6.45, 7) is 2.38. The number of hydroxylamine groups is 1. The van der Waals surface area contributed by atoms with Crippen LogP contribution in [-0.2, 0) is 23.9 Å². The van der Waals surface area contributed by atoms with Crippen molar-refractivity contribution in [2.75, 3.05) is 20.9 Å². The number of pyridine rings is 1. The summed E-state index contributed by atoms with van der Waals surface area (Å²) in [5.74, 6) is -4.28. The number of carboxylic acids is 1. The van der Waals surface area contributed by atoms with Crippen LogP contribution < -0.4 is 10.8 Å². The molecule has 2 heterocycles.